The lowest BCUT2D eigenvalue weighted by Crippen LogP contribution is -2.49. The van der Waals surface area contributed by atoms with E-state index in [4.69, 9.17) is 11.6 Å². The summed E-state index contributed by atoms with van der Waals surface area (Å²) in [6.45, 7) is 7.16. The molecule has 0 unspecified atom stereocenters. The molecule has 0 spiro atoms. The first-order chi connectivity index (χ1) is 9.15. The second-order valence-corrected chi connectivity index (χ2v) is 6.02. The topological polar surface area (TPSA) is 79.3 Å². The maximum atomic E-state index is 12.2. The van der Waals surface area contributed by atoms with E-state index in [0.29, 0.717) is 17.7 Å². The molecule has 1 atom stereocenters. The Morgan fingerprint density at radius 1 is 1.40 bits per heavy atom. The predicted octanol–water partition coefficient (Wildman–Crippen LogP) is 2.53. The van der Waals surface area contributed by atoms with Gasteiger partial charge in [-0.05, 0) is 24.0 Å². The van der Waals surface area contributed by atoms with E-state index in [2.05, 4.69) is 10.3 Å². The first-order valence-corrected chi connectivity index (χ1v) is 6.73. The van der Waals surface area contributed by atoms with Gasteiger partial charge in [0.25, 0.3) is 5.91 Å². The van der Waals surface area contributed by atoms with Crippen LogP contribution in [0.25, 0.3) is 0 Å². The van der Waals surface area contributed by atoms with E-state index in [1.54, 1.807) is 26.8 Å². The van der Waals surface area contributed by atoms with Crippen LogP contribution >= 0.6 is 11.6 Å². The molecule has 1 amide bonds. The van der Waals surface area contributed by atoms with Gasteiger partial charge in [0.1, 0.15) is 11.2 Å². The molecule has 0 aromatic carbocycles. The number of hydrogen-bond acceptors (Lipinski definition) is 3. The van der Waals surface area contributed by atoms with Gasteiger partial charge in [-0.1, -0.05) is 39.3 Å². The van der Waals surface area contributed by atoms with Crippen molar-refractivity contribution in [3.05, 3.63) is 28.5 Å². The molecular formula is C14H19ClN2O3. The van der Waals surface area contributed by atoms with Crippen molar-refractivity contribution in [3.63, 3.8) is 0 Å². The molecule has 1 aromatic rings. The van der Waals surface area contributed by atoms with Crippen LogP contribution in [0, 0.1) is 5.41 Å². The third-order valence-electron chi connectivity index (χ3n) is 2.86. The average Bonchev–Trinajstić information content (AvgIpc) is 2.32. The lowest BCUT2D eigenvalue weighted by Gasteiger charge is -2.27. The number of carboxylic acids is 1. The number of carbonyl (C=O) groups is 2. The largest absolute Gasteiger partial charge is 0.480 e. The number of aromatic nitrogens is 1. The summed E-state index contributed by atoms with van der Waals surface area (Å²) >= 11 is 5.85. The van der Waals surface area contributed by atoms with E-state index in [9.17, 15) is 14.7 Å². The van der Waals surface area contributed by atoms with Gasteiger partial charge >= 0.3 is 5.97 Å². The molecule has 20 heavy (non-hydrogen) atoms. The van der Waals surface area contributed by atoms with Crippen LogP contribution in [-0.2, 0) is 11.2 Å². The highest BCUT2D eigenvalue weighted by Crippen LogP contribution is 2.20. The highest BCUT2D eigenvalue weighted by molar-refractivity contribution is 6.29. The standard InChI is InChI=1S/C14H19ClN2O3/c1-5-9-6-8(7-10(15)16-9)12(18)17-11(13(19)20)14(2,3)4/h6-7,11H,5H2,1-4H3,(H,17,18)(H,19,20)/t11-/m0/s1. The molecule has 0 saturated heterocycles. The number of nitrogens with zero attached hydrogens (tertiary/aromatic N) is 1. The van der Waals surface area contributed by atoms with Gasteiger partial charge in [0, 0.05) is 11.3 Å². The van der Waals surface area contributed by atoms with Crippen molar-refractivity contribution in [1.29, 1.82) is 0 Å². The van der Waals surface area contributed by atoms with Crippen LogP contribution in [0.2, 0.25) is 5.15 Å². The number of amides is 1. The monoisotopic (exact) mass is 298 g/mol. The summed E-state index contributed by atoms with van der Waals surface area (Å²) in [5.41, 5.74) is 0.411. The molecule has 0 aliphatic heterocycles. The van der Waals surface area contributed by atoms with Gasteiger partial charge < -0.3 is 10.4 Å². The van der Waals surface area contributed by atoms with Crippen LogP contribution in [0.15, 0.2) is 12.1 Å². The van der Waals surface area contributed by atoms with Crippen LogP contribution in [0.3, 0.4) is 0 Å². The molecule has 5 nitrogen and oxygen atoms in total. The van der Waals surface area contributed by atoms with Gasteiger partial charge in [-0.3, -0.25) is 4.79 Å². The van der Waals surface area contributed by atoms with Crippen LogP contribution in [0.5, 0.6) is 0 Å². The van der Waals surface area contributed by atoms with Crippen LogP contribution in [0.1, 0.15) is 43.7 Å². The van der Waals surface area contributed by atoms with Crippen molar-refractivity contribution < 1.29 is 14.7 Å². The average molecular weight is 299 g/mol. The third kappa shape index (κ3) is 4.20. The fourth-order valence-corrected chi connectivity index (χ4v) is 1.95. The Morgan fingerprint density at radius 3 is 2.45 bits per heavy atom. The minimum Gasteiger partial charge on any atom is -0.480 e. The number of nitrogens with one attached hydrogen (secondary N) is 1. The lowest BCUT2D eigenvalue weighted by molar-refractivity contribution is -0.142. The molecule has 110 valence electrons. The van der Waals surface area contributed by atoms with Crippen molar-refractivity contribution in [2.45, 2.75) is 40.2 Å². The Balaban J connectivity index is 3.01. The Hall–Kier alpha value is -1.62. The van der Waals surface area contributed by atoms with Gasteiger partial charge in [-0.15, -0.1) is 0 Å². The number of carboxylic acid groups (broad SMARTS) is 1. The number of rotatable bonds is 4. The highest BCUT2D eigenvalue weighted by Gasteiger charge is 2.32. The summed E-state index contributed by atoms with van der Waals surface area (Å²) in [4.78, 5) is 27.5. The zero-order valence-electron chi connectivity index (χ0n) is 12.0. The number of aliphatic carboxylic acids is 1. The summed E-state index contributed by atoms with van der Waals surface area (Å²) < 4.78 is 0. The van der Waals surface area contributed by atoms with Crippen molar-refractivity contribution in [3.8, 4) is 0 Å². The quantitative estimate of drug-likeness (QED) is 0.837. The Kier molecular flexibility index (Phi) is 5.11. The maximum absolute atomic E-state index is 12.2. The summed E-state index contributed by atoms with van der Waals surface area (Å²) in [6.07, 6.45) is 0.641. The van der Waals surface area contributed by atoms with E-state index < -0.39 is 23.3 Å². The molecule has 1 rings (SSSR count). The van der Waals surface area contributed by atoms with E-state index in [1.165, 1.54) is 6.07 Å². The molecule has 1 aromatic heterocycles. The van der Waals surface area contributed by atoms with Crippen molar-refractivity contribution in [2.24, 2.45) is 5.41 Å². The highest BCUT2D eigenvalue weighted by atomic mass is 35.5. The molecule has 1 heterocycles. The van der Waals surface area contributed by atoms with Gasteiger partial charge in [0.15, 0.2) is 0 Å². The van der Waals surface area contributed by atoms with E-state index in [1.807, 2.05) is 6.92 Å². The van der Waals surface area contributed by atoms with E-state index >= 15 is 0 Å². The molecular weight excluding hydrogens is 280 g/mol. The van der Waals surface area contributed by atoms with E-state index in [-0.39, 0.29) is 5.15 Å². The lowest BCUT2D eigenvalue weighted by atomic mass is 9.86. The second-order valence-electron chi connectivity index (χ2n) is 5.63. The van der Waals surface area contributed by atoms with Crippen LogP contribution in [-0.4, -0.2) is 28.0 Å². The van der Waals surface area contributed by atoms with Crippen molar-refractivity contribution in [2.75, 3.05) is 0 Å². The second kappa shape index (κ2) is 6.22. The third-order valence-corrected chi connectivity index (χ3v) is 3.05. The van der Waals surface area contributed by atoms with Crippen molar-refractivity contribution >= 4 is 23.5 Å². The predicted molar refractivity (Wildman–Crippen MR) is 77.0 cm³/mol. The number of halogens is 1. The van der Waals surface area contributed by atoms with Crippen LogP contribution in [0.4, 0.5) is 0 Å². The Morgan fingerprint density at radius 2 is 2.00 bits per heavy atom. The number of carbonyl (C=O) groups excluding carboxylic acids is 1. The molecule has 0 aliphatic carbocycles. The molecule has 0 fully saturated rings. The SMILES string of the molecule is CCc1cc(C(=O)N[C@@H](C(=O)O)C(C)(C)C)cc(Cl)n1. The van der Waals surface area contributed by atoms with Crippen molar-refractivity contribution in [1.82, 2.24) is 10.3 Å². The minimum absolute atomic E-state index is 0.220. The van der Waals surface area contributed by atoms with Gasteiger partial charge in [0.05, 0.1) is 0 Å². The van der Waals surface area contributed by atoms with Gasteiger partial charge in [0.2, 0.25) is 0 Å². The fourth-order valence-electron chi connectivity index (χ4n) is 1.73. The maximum Gasteiger partial charge on any atom is 0.326 e. The zero-order chi connectivity index (χ0) is 15.5. The first kappa shape index (κ1) is 16.4. The number of aryl methyl sites for hydroxylation is 1. The molecule has 0 aliphatic rings. The zero-order valence-corrected chi connectivity index (χ0v) is 12.8. The molecule has 0 bridgehead atoms. The molecule has 2 N–H and O–H groups in total. The number of pyridine rings is 1. The van der Waals surface area contributed by atoms with Crippen LogP contribution < -0.4 is 5.32 Å². The summed E-state index contributed by atoms with van der Waals surface area (Å²) in [5.74, 6) is -1.53. The normalized spacial score (nSPS) is 12.8. The minimum atomic E-state index is -1.07. The molecule has 0 radical (unpaired) electrons. The van der Waals surface area contributed by atoms with Gasteiger partial charge in [-0.25, -0.2) is 9.78 Å². The summed E-state index contributed by atoms with van der Waals surface area (Å²) in [5, 5.41) is 12.0. The smallest absolute Gasteiger partial charge is 0.326 e. The molecule has 6 heteroatoms. The van der Waals surface area contributed by atoms with Gasteiger partial charge in [-0.2, -0.15) is 0 Å². The number of hydrogen-bond donors (Lipinski definition) is 2. The fraction of sp³-hybridized carbons (Fsp3) is 0.500. The Labute approximate surface area is 123 Å². The van der Waals surface area contributed by atoms with E-state index in [0.717, 1.165) is 0 Å². The molecule has 0 saturated carbocycles. The summed E-state index contributed by atoms with van der Waals surface area (Å²) in [6, 6.07) is 2.06. The first-order valence-electron chi connectivity index (χ1n) is 6.35. The summed E-state index contributed by atoms with van der Waals surface area (Å²) in [7, 11) is 0. The Bertz CT molecular complexity index is 524.